The Labute approximate surface area is 147 Å². The van der Waals surface area contributed by atoms with Crippen LogP contribution in [-0.2, 0) is 6.67 Å². The van der Waals surface area contributed by atoms with Gasteiger partial charge in [-0.1, -0.05) is 25.4 Å². The second-order valence-corrected chi connectivity index (χ2v) is 6.11. The molecule has 4 nitrogen and oxygen atoms in total. The van der Waals surface area contributed by atoms with Crippen LogP contribution in [0.15, 0.2) is 42.5 Å². The lowest BCUT2D eigenvalue weighted by Crippen LogP contribution is -2.26. The Hall–Kier alpha value is -2.04. The highest BCUT2D eigenvalue weighted by atomic mass is 35.5. The van der Waals surface area contributed by atoms with E-state index in [1.165, 1.54) is 0 Å². The number of fused-ring (bicyclic) bond motifs is 1. The molecule has 0 spiro atoms. The van der Waals surface area contributed by atoms with Crippen LogP contribution in [0.3, 0.4) is 0 Å². The van der Waals surface area contributed by atoms with E-state index in [0.29, 0.717) is 5.02 Å². The van der Waals surface area contributed by atoms with Crippen molar-refractivity contribution >= 4 is 22.6 Å². The average Bonchev–Trinajstić information content (AvgIpc) is 2.97. The number of hydrogen-bond donors (Lipinski definition) is 0. The van der Waals surface area contributed by atoms with E-state index in [0.717, 1.165) is 47.9 Å². The first-order valence-corrected chi connectivity index (χ1v) is 8.56. The lowest BCUT2D eigenvalue weighted by atomic mass is 10.2. The quantitative estimate of drug-likeness (QED) is 0.651. The second-order valence-electron chi connectivity index (χ2n) is 5.67. The first-order valence-electron chi connectivity index (χ1n) is 8.18. The van der Waals surface area contributed by atoms with Gasteiger partial charge in [-0.15, -0.1) is 0 Å². The molecule has 1 heterocycles. The van der Waals surface area contributed by atoms with E-state index in [2.05, 4.69) is 23.3 Å². The fourth-order valence-corrected chi connectivity index (χ4v) is 3.00. The molecule has 0 bridgehead atoms. The Morgan fingerprint density at radius 3 is 2.42 bits per heavy atom. The molecular formula is C19H22ClN3O. The van der Waals surface area contributed by atoms with Crippen LogP contribution in [0.4, 0.5) is 0 Å². The highest BCUT2D eigenvalue weighted by Crippen LogP contribution is 2.28. The predicted molar refractivity (Wildman–Crippen MR) is 99.7 cm³/mol. The highest BCUT2D eigenvalue weighted by molar-refractivity contribution is 6.31. The summed E-state index contributed by atoms with van der Waals surface area (Å²) in [7, 11) is 1.67. The van der Waals surface area contributed by atoms with Crippen molar-refractivity contribution < 1.29 is 4.74 Å². The maximum absolute atomic E-state index is 6.15. The molecule has 5 heteroatoms. The van der Waals surface area contributed by atoms with Gasteiger partial charge in [-0.2, -0.15) is 0 Å². The Kier molecular flexibility index (Phi) is 5.07. The highest BCUT2D eigenvalue weighted by Gasteiger charge is 2.15. The Morgan fingerprint density at radius 1 is 1.08 bits per heavy atom. The first kappa shape index (κ1) is 16.8. The van der Waals surface area contributed by atoms with Gasteiger partial charge in [0, 0.05) is 10.6 Å². The van der Waals surface area contributed by atoms with Crippen molar-refractivity contribution in [1.29, 1.82) is 0 Å². The molecule has 0 atom stereocenters. The largest absolute Gasteiger partial charge is 0.497 e. The van der Waals surface area contributed by atoms with Gasteiger partial charge in [-0.3, -0.25) is 4.90 Å². The van der Waals surface area contributed by atoms with Crippen LogP contribution in [0.5, 0.6) is 5.75 Å². The minimum Gasteiger partial charge on any atom is -0.497 e. The standard InChI is InChI=1S/C19H22ClN3O/c1-4-22(5-2)13-23-18-11-8-15(20)12-17(18)21-19(23)14-6-9-16(24-3)10-7-14/h6-12H,4-5,13H2,1-3H3. The molecule has 0 saturated carbocycles. The predicted octanol–water partition coefficient (Wildman–Crippen LogP) is 4.66. The van der Waals surface area contributed by atoms with Crippen molar-refractivity contribution in [2.45, 2.75) is 20.5 Å². The van der Waals surface area contributed by atoms with Crippen molar-refractivity contribution in [3.63, 3.8) is 0 Å². The molecule has 3 rings (SSSR count). The Morgan fingerprint density at radius 2 is 1.79 bits per heavy atom. The molecule has 0 N–H and O–H groups in total. The van der Waals surface area contributed by atoms with Gasteiger partial charge in [0.25, 0.3) is 0 Å². The molecule has 0 amide bonds. The molecule has 0 aliphatic carbocycles. The van der Waals surface area contributed by atoms with Crippen molar-refractivity contribution in [2.75, 3.05) is 20.2 Å². The van der Waals surface area contributed by atoms with Gasteiger partial charge in [0.1, 0.15) is 11.6 Å². The SMILES string of the molecule is CCN(CC)Cn1c(-c2ccc(OC)cc2)nc2cc(Cl)ccc21. The zero-order valence-corrected chi connectivity index (χ0v) is 15.0. The van der Waals surface area contributed by atoms with Gasteiger partial charge in [-0.05, 0) is 55.6 Å². The molecule has 0 unspecified atom stereocenters. The van der Waals surface area contributed by atoms with E-state index < -0.39 is 0 Å². The summed E-state index contributed by atoms with van der Waals surface area (Å²) in [5.41, 5.74) is 3.08. The van der Waals surface area contributed by atoms with Crippen molar-refractivity contribution in [3.05, 3.63) is 47.5 Å². The normalized spacial score (nSPS) is 11.4. The summed E-state index contributed by atoms with van der Waals surface area (Å²) < 4.78 is 7.51. The van der Waals surface area contributed by atoms with E-state index in [1.54, 1.807) is 7.11 Å². The van der Waals surface area contributed by atoms with E-state index >= 15 is 0 Å². The maximum Gasteiger partial charge on any atom is 0.142 e. The van der Waals surface area contributed by atoms with Gasteiger partial charge < -0.3 is 9.30 Å². The number of aromatic nitrogens is 2. The molecule has 1 aromatic heterocycles. The summed E-state index contributed by atoms with van der Waals surface area (Å²) in [6, 6.07) is 13.9. The number of hydrogen-bond acceptors (Lipinski definition) is 3. The summed E-state index contributed by atoms with van der Waals surface area (Å²) in [6.07, 6.45) is 0. The summed E-state index contributed by atoms with van der Waals surface area (Å²) in [5, 5.41) is 0.705. The Bertz CT molecular complexity index is 822. The smallest absolute Gasteiger partial charge is 0.142 e. The topological polar surface area (TPSA) is 30.3 Å². The average molecular weight is 344 g/mol. The maximum atomic E-state index is 6.15. The number of methoxy groups -OCH3 is 1. The lowest BCUT2D eigenvalue weighted by Gasteiger charge is -2.21. The van der Waals surface area contributed by atoms with Gasteiger partial charge >= 0.3 is 0 Å². The van der Waals surface area contributed by atoms with E-state index in [1.807, 2.05) is 42.5 Å². The van der Waals surface area contributed by atoms with Gasteiger partial charge in [0.05, 0.1) is 24.8 Å². The third-order valence-electron chi connectivity index (χ3n) is 4.29. The van der Waals surface area contributed by atoms with Crippen LogP contribution in [0.2, 0.25) is 5.02 Å². The van der Waals surface area contributed by atoms with Crippen molar-refractivity contribution in [1.82, 2.24) is 14.5 Å². The van der Waals surface area contributed by atoms with Crippen LogP contribution in [0.1, 0.15) is 13.8 Å². The van der Waals surface area contributed by atoms with Gasteiger partial charge in [0.2, 0.25) is 0 Å². The number of rotatable bonds is 6. The fraction of sp³-hybridized carbons (Fsp3) is 0.316. The molecule has 126 valence electrons. The molecule has 0 aliphatic heterocycles. The molecule has 24 heavy (non-hydrogen) atoms. The van der Waals surface area contributed by atoms with E-state index in [9.17, 15) is 0 Å². The van der Waals surface area contributed by atoms with Gasteiger partial charge in [-0.25, -0.2) is 4.98 Å². The fourth-order valence-electron chi connectivity index (χ4n) is 2.83. The van der Waals surface area contributed by atoms with E-state index in [-0.39, 0.29) is 0 Å². The van der Waals surface area contributed by atoms with Crippen LogP contribution in [-0.4, -0.2) is 34.7 Å². The summed E-state index contributed by atoms with van der Waals surface area (Å²) in [4.78, 5) is 7.20. The first-order chi connectivity index (χ1) is 11.7. The molecule has 3 aromatic rings. The molecular weight excluding hydrogens is 322 g/mol. The molecule has 0 aliphatic rings. The van der Waals surface area contributed by atoms with Crippen LogP contribution in [0, 0.1) is 0 Å². The second kappa shape index (κ2) is 7.24. The summed E-state index contributed by atoms with van der Waals surface area (Å²) in [6.45, 7) is 7.13. The van der Waals surface area contributed by atoms with Crippen LogP contribution in [0.25, 0.3) is 22.4 Å². The van der Waals surface area contributed by atoms with Crippen LogP contribution < -0.4 is 4.74 Å². The minimum absolute atomic E-state index is 0.705. The van der Waals surface area contributed by atoms with E-state index in [4.69, 9.17) is 21.3 Å². The minimum atomic E-state index is 0.705. The summed E-state index contributed by atoms with van der Waals surface area (Å²) >= 11 is 6.15. The molecule has 0 saturated heterocycles. The molecule has 0 radical (unpaired) electrons. The van der Waals surface area contributed by atoms with Crippen molar-refractivity contribution in [2.24, 2.45) is 0 Å². The number of nitrogens with zero attached hydrogens (tertiary/aromatic N) is 3. The monoisotopic (exact) mass is 343 g/mol. The zero-order valence-electron chi connectivity index (χ0n) is 14.3. The summed E-state index contributed by atoms with van der Waals surface area (Å²) in [5.74, 6) is 1.79. The zero-order chi connectivity index (χ0) is 17.1. The number of halogens is 1. The lowest BCUT2D eigenvalue weighted by molar-refractivity contribution is 0.247. The molecule has 0 fully saturated rings. The number of benzene rings is 2. The van der Waals surface area contributed by atoms with Crippen molar-refractivity contribution in [3.8, 4) is 17.1 Å². The number of imidazole rings is 1. The van der Waals surface area contributed by atoms with Gasteiger partial charge in [0.15, 0.2) is 0 Å². The third-order valence-corrected chi connectivity index (χ3v) is 4.53. The number of ether oxygens (including phenoxy) is 1. The third kappa shape index (κ3) is 3.25. The van der Waals surface area contributed by atoms with Crippen LogP contribution >= 0.6 is 11.6 Å². The Balaban J connectivity index is 2.13. The molecule has 2 aromatic carbocycles.